The van der Waals surface area contributed by atoms with Crippen LogP contribution in [0, 0.1) is 0 Å². The molecule has 0 bridgehead atoms. The van der Waals surface area contributed by atoms with Gasteiger partial charge in [-0.25, -0.2) is 8.42 Å². The zero-order chi connectivity index (χ0) is 20.7. The summed E-state index contributed by atoms with van der Waals surface area (Å²) in [7, 11) is -3.86. The summed E-state index contributed by atoms with van der Waals surface area (Å²) in [4.78, 5) is 0.0848. The molecule has 0 atom stereocenters. The first-order chi connectivity index (χ1) is 14.5. The van der Waals surface area contributed by atoms with Crippen LogP contribution in [0.2, 0.25) is 5.02 Å². The summed E-state index contributed by atoms with van der Waals surface area (Å²) >= 11 is 7.43. The van der Waals surface area contributed by atoms with E-state index in [4.69, 9.17) is 11.6 Å². The van der Waals surface area contributed by atoms with Gasteiger partial charge in [0.1, 0.15) is 21.8 Å². The number of aromatic nitrogens is 5. The minimum atomic E-state index is -3.86. The fourth-order valence-electron chi connectivity index (χ4n) is 3.65. The van der Waals surface area contributed by atoms with E-state index in [1.165, 1.54) is 6.07 Å². The average molecular weight is 461 g/mol. The monoisotopic (exact) mass is 460 g/mol. The summed E-state index contributed by atoms with van der Waals surface area (Å²) in [6, 6.07) is 9.88. The number of hydrogen-bond acceptors (Lipinski definition) is 7. The Kier molecular flexibility index (Phi) is 4.92. The van der Waals surface area contributed by atoms with Crippen molar-refractivity contribution in [2.75, 3.05) is 4.72 Å². The molecular weight excluding hydrogens is 444 g/mol. The van der Waals surface area contributed by atoms with Crippen molar-refractivity contribution >= 4 is 50.1 Å². The van der Waals surface area contributed by atoms with E-state index < -0.39 is 10.0 Å². The van der Waals surface area contributed by atoms with Gasteiger partial charge in [0.25, 0.3) is 10.0 Å². The zero-order valence-electron chi connectivity index (χ0n) is 15.7. The Morgan fingerprint density at radius 2 is 1.97 bits per heavy atom. The topological polar surface area (TPSA) is 103 Å². The quantitative estimate of drug-likeness (QED) is 0.491. The van der Waals surface area contributed by atoms with E-state index in [-0.39, 0.29) is 4.90 Å². The Morgan fingerprint density at radius 3 is 2.87 bits per heavy atom. The van der Waals surface area contributed by atoms with E-state index in [0.29, 0.717) is 33.1 Å². The number of hydrogen-bond donors (Lipinski definition) is 1. The molecule has 0 spiro atoms. The smallest absolute Gasteiger partial charge is 0.264 e. The van der Waals surface area contributed by atoms with Crippen LogP contribution in [-0.2, 0) is 23.0 Å². The Balaban J connectivity index is 1.53. The molecule has 11 heteroatoms. The summed E-state index contributed by atoms with van der Waals surface area (Å²) in [6.07, 6.45) is 4.16. The Labute approximate surface area is 182 Å². The van der Waals surface area contributed by atoms with Gasteiger partial charge in [-0.05, 0) is 43.2 Å². The zero-order valence-corrected chi connectivity index (χ0v) is 18.1. The normalized spacial score (nSPS) is 14.4. The highest BCUT2D eigenvalue weighted by Gasteiger charge is 2.22. The van der Waals surface area contributed by atoms with Gasteiger partial charge in [0.15, 0.2) is 5.82 Å². The number of rotatable bonds is 4. The largest absolute Gasteiger partial charge is 0.311 e. The number of benzene rings is 2. The molecule has 5 rings (SSSR count). The molecule has 0 fully saturated rings. The molecule has 2 aromatic heterocycles. The third kappa shape index (κ3) is 3.44. The molecule has 1 aliphatic heterocycles. The van der Waals surface area contributed by atoms with Gasteiger partial charge in [-0.2, -0.15) is 8.75 Å². The summed E-state index contributed by atoms with van der Waals surface area (Å²) in [5, 5.41) is 9.14. The van der Waals surface area contributed by atoms with Crippen molar-refractivity contribution in [3.8, 4) is 11.4 Å². The Bertz CT molecular complexity index is 1350. The lowest BCUT2D eigenvalue weighted by molar-refractivity contribution is 0.602. The maximum atomic E-state index is 13.0. The summed E-state index contributed by atoms with van der Waals surface area (Å²) in [5.74, 6) is 1.59. The van der Waals surface area contributed by atoms with Gasteiger partial charge in [0.05, 0.1) is 16.8 Å². The second kappa shape index (κ2) is 7.60. The maximum absolute atomic E-state index is 13.0. The highest BCUT2D eigenvalue weighted by molar-refractivity contribution is 7.93. The van der Waals surface area contributed by atoms with Crippen LogP contribution in [0.4, 0.5) is 5.69 Å². The number of sulfonamides is 1. The highest BCUT2D eigenvalue weighted by atomic mass is 35.5. The predicted octanol–water partition coefficient (Wildman–Crippen LogP) is 4.13. The van der Waals surface area contributed by atoms with Gasteiger partial charge in [0.2, 0.25) is 0 Å². The number of nitrogens with one attached hydrogen (secondary N) is 1. The van der Waals surface area contributed by atoms with Crippen LogP contribution in [0.15, 0.2) is 41.3 Å². The van der Waals surface area contributed by atoms with Crippen molar-refractivity contribution in [2.45, 2.75) is 37.1 Å². The number of nitrogens with zero attached hydrogens (tertiary/aromatic N) is 5. The molecule has 0 saturated carbocycles. The van der Waals surface area contributed by atoms with E-state index >= 15 is 0 Å². The van der Waals surface area contributed by atoms with Crippen molar-refractivity contribution in [2.24, 2.45) is 0 Å². The van der Waals surface area contributed by atoms with Gasteiger partial charge >= 0.3 is 0 Å². The fourth-order valence-corrected chi connectivity index (χ4v) is 5.67. The fraction of sp³-hybridized carbons (Fsp3) is 0.263. The third-order valence-electron chi connectivity index (χ3n) is 5.11. The molecule has 1 N–H and O–H groups in total. The third-order valence-corrected chi connectivity index (χ3v) is 7.39. The van der Waals surface area contributed by atoms with Gasteiger partial charge < -0.3 is 4.57 Å². The van der Waals surface area contributed by atoms with Gasteiger partial charge in [-0.3, -0.25) is 4.72 Å². The van der Waals surface area contributed by atoms with Crippen molar-refractivity contribution in [3.63, 3.8) is 0 Å². The molecule has 1 aliphatic rings. The molecule has 154 valence electrons. The molecule has 0 aliphatic carbocycles. The number of fused-ring (bicyclic) bond motifs is 2. The second-order valence-corrected chi connectivity index (χ2v) is 9.68. The molecule has 0 amide bonds. The van der Waals surface area contributed by atoms with Gasteiger partial charge in [-0.15, -0.1) is 10.2 Å². The van der Waals surface area contributed by atoms with E-state index in [1.807, 2.05) is 0 Å². The molecule has 0 saturated heterocycles. The number of aryl methyl sites for hydroxylation is 1. The minimum absolute atomic E-state index is 0.0848. The predicted molar refractivity (Wildman–Crippen MR) is 116 cm³/mol. The first kappa shape index (κ1) is 19.4. The van der Waals surface area contributed by atoms with Crippen LogP contribution in [-0.4, -0.2) is 31.9 Å². The van der Waals surface area contributed by atoms with Crippen LogP contribution >= 0.6 is 23.3 Å². The molecule has 0 unspecified atom stereocenters. The number of halogens is 1. The van der Waals surface area contributed by atoms with Gasteiger partial charge in [0, 0.05) is 24.2 Å². The van der Waals surface area contributed by atoms with Crippen molar-refractivity contribution < 1.29 is 8.42 Å². The lowest BCUT2D eigenvalue weighted by Crippen LogP contribution is -2.13. The van der Waals surface area contributed by atoms with Crippen LogP contribution in [0.25, 0.3) is 22.4 Å². The van der Waals surface area contributed by atoms with E-state index in [9.17, 15) is 8.42 Å². The lowest BCUT2D eigenvalue weighted by Gasteiger charge is -2.12. The van der Waals surface area contributed by atoms with Crippen molar-refractivity contribution in [1.82, 2.24) is 23.5 Å². The standard InChI is InChI=1S/C19H17ClN6O2S2/c20-14-9-8-12(11-13(14)19-22-21-17-7-2-1-3-10-26(17)19)25-30(27,28)16-6-4-5-15-18(16)24-29-23-15/h4-6,8-9,11,25H,1-3,7,10H2. The van der Waals surface area contributed by atoms with Crippen LogP contribution < -0.4 is 4.72 Å². The maximum Gasteiger partial charge on any atom is 0.264 e. The van der Waals surface area contributed by atoms with Crippen molar-refractivity contribution in [3.05, 3.63) is 47.2 Å². The summed E-state index contributed by atoms with van der Waals surface area (Å²) < 4.78 is 39.0. The first-order valence-corrected chi connectivity index (χ1v) is 12.1. The summed E-state index contributed by atoms with van der Waals surface area (Å²) in [6.45, 7) is 0.822. The average Bonchev–Trinajstić information content (AvgIpc) is 3.30. The second-order valence-electron chi connectivity index (χ2n) is 7.09. The van der Waals surface area contributed by atoms with Crippen LogP contribution in [0.1, 0.15) is 25.1 Å². The molecular formula is C19H17ClN6O2S2. The molecule has 0 radical (unpaired) electrons. The Morgan fingerprint density at radius 1 is 1.07 bits per heavy atom. The SMILES string of the molecule is O=S(=O)(Nc1ccc(Cl)c(-c2nnc3n2CCCCC3)c1)c1cccc2nsnc12. The minimum Gasteiger partial charge on any atom is -0.311 e. The van der Waals surface area contributed by atoms with Crippen LogP contribution in [0.3, 0.4) is 0 Å². The highest BCUT2D eigenvalue weighted by Crippen LogP contribution is 2.32. The number of anilines is 1. The molecule has 3 heterocycles. The summed E-state index contributed by atoms with van der Waals surface area (Å²) in [5.41, 5.74) is 1.93. The van der Waals surface area contributed by atoms with Gasteiger partial charge in [-0.1, -0.05) is 24.1 Å². The molecule has 30 heavy (non-hydrogen) atoms. The molecule has 8 nitrogen and oxygen atoms in total. The van der Waals surface area contributed by atoms with Crippen molar-refractivity contribution in [1.29, 1.82) is 0 Å². The first-order valence-electron chi connectivity index (χ1n) is 9.49. The van der Waals surface area contributed by atoms with E-state index in [2.05, 4.69) is 28.2 Å². The molecule has 2 aromatic carbocycles. The van der Waals surface area contributed by atoms with E-state index in [0.717, 1.165) is 49.8 Å². The Hall–Kier alpha value is -2.56. The lowest BCUT2D eigenvalue weighted by atomic mass is 10.2. The molecule has 4 aromatic rings. The van der Waals surface area contributed by atoms with E-state index in [1.54, 1.807) is 30.3 Å². The van der Waals surface area contributed by atoms with Crippen LogP contribution in [0.5, 0.6) is 0 Å².